The van der Waals surface area contributed by atoms with Crippen molar-refractivity contribution in [1.82, 2.24) is 4.90 Å². The van der Waals surface area contributed by atoms with Crippen LogP contribution in [-0.2, 0) is 16.3 Å². The number of allylic oxidation sites excluding steroid dienone is 1. The van der Waals surface area contributed by atoms with Gasteiger partial charge in [-0.1, -0.05) is 66.9 Å². The number of benzene rings is 2. The monoisotopic (exact) mass is 382 g/mol. The lowest BCUT2D eigenvalue weighted by Crippen LogP contribution is -2.23. The lowest BCUT2D eigenvalue weighted by Gasteiger charge is -2.19. The van der Waals surface area contributed by atoms with Crippen LogP contribution in [0.5, 0.6) is 0 Å². The van der Waals surface area contributed by atoms with Gasteiger partial charge in [-0.25, -0.2) is 8.42 Å². The van der Waals surface area contributed by atoms with Crippen molar-refractivity contribution in [2.75, 3.05) is 13.1 Å². The van der Waals surface area contributed by atoms with Gasteiger partial charge in [-0.2, -0.15) is 5.26 Å². The SMILES string of the molecule is C=C1CN(CCc2ccccc2)/C(=C(\C#N)S(=O)(=O)c2ccccc2)S1. The highest BCUT2D eigenvalue weighted by atomic mass is 32.2. The third-order valence-corrected chi connectivity index (χ3v) is 6.94. The molecular formula is C20H18N2O2S2. The van der Waals surface area contributed by atoms with Crippen molar-refractivity contribution in [3.63, 3.8) is 0 Å². The summed E-state index contributed by atoms with van der Waals surface area (Å²) in [6, 6.07) is 20.0. The molecule has 4 nitrogen and oxygen atoms in total. The molecule has 1 heterocycles. The number of hydrogen-bond acceptors (Lipinski definition) is 5. The van der Waals surface area contributed by atoms with E-state index in [9.17, 15) is 13.7 Å². The van der Waals surface area contributed by atoms with Crippen LogP contribution in [0.2, 0.25) is 0 Å². The first-order valence-electron chi connectivity index (χ1n) is 8.11. The van der Waals surface area contributed by atoms with E-state index in [-0.39, 0.29) is 9.80 Å². The summed E-state index contributed by atoms with van der Waals surface area (Å²) in [5.74, 6) is 0. The van der Waals surface area contributed by atoms with E-state index in [4.69, 9.17) is 0 Å². The molecule has 0 bridgehead atoms. The number of rotatable bonds is 5. The molecule has 0 aromatic heterocycles. The summed E-state index contributed by atoms with van der Waals surface area (Å²) in [5, 5.41) is 10.1. The quantitative estimate of drug-likeness (QED) is 0.733. The van der Waals surface area contributed by atoms with Gasteiger partial charge in [-0.15, -0.1) is 0 Å². The Morgan fingerprint density at radius 2 is 1.73 bits per heavy atom. The number of thioether (sulfide) groups is 1. The lowest BCUT2D eigenvalue weighted by atomic mass is 10.1. The molecule has 0 radical (unpaired) electrons. The molecule has 0 saturated carbocycles. The van der Waals surface area contributed by atoms with E-state index in [2.05, 4.69) is 6.58 Å². The Kier molecular flexibility index (Phi) is 5.50. The molecule has 1 fully saturated rings. The van der Waals surface area contributed by atoms with E-state index in [1.165, 1.54) is 29.5 Å². The summed E-state index contributed by atoms with van der Waals surface area (Å²) < 4.78 is 25.9. The average Bonchev–Trinajstić information content (AvgIpc) is 3.02. The first-order chi connectivity index (χ1) is 12.5. The summed E-state index contributed by atoms with van der Waals surface area (Å²) in [6.45, 7) is 5.13. The zero-order valence-electron chi connectivity index (χ0n) is 14.1. The number of sulfone groups is 1. The molecule has 0 unspecified atom stereocenters. The molecular weight excluding hydrogens is 364 g/mol. The van der Waals surface area contributed by atoms with Gasteiger partial charge >= 0.3 is 0 Å². The van der Waals surface area contributed by atoms with Crippen molar-refractivity contribution in [3.05, 3.63) is 87.6 Å². The maximum absolute atomic E-state index is 12.9. The highest BCUT2D eigenvalue weighted by Gasteiger charge is 2.32. The Balaban J connectivity index is 1.94. The number of hydrogen-bond donors (Lipinski definition) is 0. The lowest BCUT2D eigenvalue weighted by molar-refractivity contribution is 0.416. The van der Waals surface area contributed by atoms with E-state index in [0.29, 0.717) is 18.1 Å². The van der Waals surface area contributed by atoms with E-state index in [0.717, 1.165) is 11.3 Å². The van der Waals surface area contributed by atoms with Crippen molar-refractivity contribution in [3.8, 4) is 6.07 Å². The number of nitriles is 1. The van der Waals surface area contributed by atoms with Gasteiger partial charge < -0.3 is 4.90 Å². The van der Waals surface area contributed by atoms with Crippen LogP contribution in [0.4, 0.5) is 0 Å². The fourth-order valence-corrected chi connectivity index (χ4v) is 5.34. The van der Waals surface area contributed by atoms with Gasteiger partial charge in [-0.05, 0) is 24.1 Å². The predicted octanol–water partition coefficient (Wildman–Crippen LogP) is 3.96. The van der Waals surface area contributed by atoms with E-state index in [1.54, 1.807) is 18.2 Å². The summed E-state index contributed by atoms with van der Waals surface area (Å²) in [6.07, 6.45) is 0.766. The Hall–Kier alpha value is -2.49. The number of nitrogens with zero attached hydrogens (tertiary/aromatic N) is 2. The smallest absolute Gasteiger partial charge is 0.219 e. The highest BCUT2D eigenvalue weighted by Crippen LogP contribution is 2.40. The zero-order valence-corrected chi connectivity index (χ0v) is 15.8. The van der Waals surface area contributed by atoms with Gasteiger partial charge in [0.05, 0.1) is 4.90 Å². The second kappa shape index (κ2) is 7.81. The van der Waals surface area contributed by atoms with Crippen LogP contribution >= 0.6 is 11.8 Å². The Bertz CT molecular complexity index is 975. The summed E-state index contributed by atoms with van der Waals surface area (Å²) in [4.78, 5) is 2.69. The highest BCUT2D eigenvalue weighted by molar-refractivity contribution is 8.08. The molecule has 132 valence electrons. The normalized spacial score (nSPS) is 16.4. The van der Waals surface area contributed by atoms with Crippen LogP contribution in [-0.4, -0.2) is 26.4 Å². The molecule has 0 amide bonds. The molecule has 3 rings (SSSR count). The molecule has 0 atom stereocenters. The first-order valence-corrected chi connectivity index (χ1v) is 10.4. The van der Waals surface area contributed by atoms with E-state index >= 15 is 0 Å². The molecule has 2 aromatic carbocycles. The molecule has 0 N–H and O–H groups in total. The van der Waals surface area contributed by atoms with Gasteiger partial charge in [0.15, 0.2) is 4.91 Å². The molecule has 0 aliphatic carbocycles. The van der Waals surface area contributed by atoms with Crippen molar-refractivity contribution in [2.24, 2.45) is 0 Å². The Morgan fingerprint density at radius 1 is 1.12 bits per heavy atom. The second-order valence-electron chi connectivity index (χ2n) is 5.86. The van der Waals surface area contributed by atoms with Crippen LogP contribution < -0.4 is 0 Å². The van der Waals surface area contributed by atoms with Crippen LogP contribution in [0.15, 0.2) is 87.0 Å². The van der Waals surface area contributed by atoms with Crippen molar-refractivity contribution >= 4 is 21.6 Å². The third-order valence-electron chi connectivity index (χ3n) is 4.03. The van der Waals surface area contributed by atoms with Crippen LogP contribution in [0.3, 0.4) is 0 Å². The molecule has 1 aliphatic rings. The van der Waals surface area contributed by atoms with E-state index < -0.39 is 9.84 Å². The topological polar surface area (TPSA) is 61.2 Å². The standard InChI is InChI=1S/C20H18N2O2S2/c1-16-15-22(13-12-17-8-4-2-5-9-17)20(25-16)19(14-21)26(23,24)18-10-6-3-7-11-18/h2-11H,1,12-13,15H2/b20-19-. The summed E-state index contributed by atoms with van der Waals surface area (Å²) in [7, 11) is -3.86. The maximum Gasteiger partial charge on any atom is 0.219 e. The summed E-state index contributed by atoms with van der Waals surface area (Å²) >= 11 is 1.27. The Labute approximate surface area is 158 Å². The van der Waals surface area contributed by atoms with Crippen LogP contribution in [0, 0.1) is 11.3 Å². The predicted molar refractivity (Wildman–Crippen MR) is 105 cm³/mol. The minimum Gasteiger partial charge on any atom is -0.359 e. The molecule has 1 aliphatic heterocycles. The zero-order chi connectivity index (χ0) is 18.6. The maximum atomic E-state index is 12.9. The molecule has 2 aromatic rings. The van der Waals surface area contributed by atoms with Gasteiger partial charge in [0.1, 0.15) is 11.1 Å². The second-order valence-corrected chi connectivity index (χ2v) is 8.92. The van der Waals surface area contributed by atoms with Gasteiger partial charge in [0.25, 0.3) is 0 Å². The van der Waals surface area contributed by atoms with Crippen molar-refractivity contribution < 1.29 is 8.42 Å². The van der Waals surface area contributed by atoms with E-state index in [1.807, 2.05) is 41.3 Å². The molecule has 0 spiro atoms. The van der Waals surface area contributed by atoms with Crippen molar-refractivity contribution in [1.29, 1.82) is 5.26 Å². The van der Waals surface area contributed by atoms with Gasteiger partial charge in [0, 0.05) is 18.0 Å². The largest absolute Gasteiger partial charge is 0.359 e. The minimum atomic E-state index is -3.86. The average molecular weight is 383 g/mol. The van der Waals surface area contributed by atoms with Crippen molar-refractivity contribution in [2.45, 2.75) is 11.3 Å². The third kappa shape index (κ3) is 3.85. The van der Waals surface area contributed by atoms with Crippen LogP contribution in [0.25, 0.3) is 0 Å². The first kappa shape index (κ1) is 18.3. The fraction of sp³-hybridized carbons (Fsp3) is 0.150. The van der Waals surface area contributed by atoms with Crippen LogP contribution in [0.1, 0.15) is 5.56 Å². The summed E-state index contributed by atoms with van der Waals surface area (Å²) in [5.41, 5.74) is 1.17. The van der Waals surface area contributed by atoms with Gasteiger partial charge in [-0.3, -0.25) is 0 Å². The molecule has 26 heavy (non-hydrogen) atoms. The Morgan fingerprint density at radius 3 is 2.35 bits per heavy atom. The molecule has 6 heteroatoms. The fourth-order valence-electron chi connectivity index (χ4n) is 2.74. The van der Waals surface area contributed by atoms with Gasteiger partial charge in [0.2, 0.25) is 9.84 Å². The molecule has 1 saturated heterocycles. The minimum absolute atomic E-state index is 0.130.